The van der Waals surface area contributed by atoms with E-state index in [1.807, 2.05) is 32.0 Å². The van der Waals surface area contributed by atoms with Gasteiger partial charge in [-0.1, -0.05) is 38.7 Å². The molecule has 2 amide bonds. The molecule has 0 fully saturated rings. The maximum absolute atomic E-state index is 12.1. The predicted octanol–water partition coefficient (Wildman–Crippen LogP) is 3.45. The number of nitrogens with one attached hydrogen (secondary N) is 3. The Kier molecular flexibility index (Phi) is 10.4. The Labute approximate surface area is 167 Å². The smallest absolute Gasteiger partial charge is 0.279 e. The van der Waals surface area contributed by atoms with Gasteiger partial charge in [0.2, 0.25) is 5.91 Å². The van der Waals surface area contributed by atoms with Gasteiger partial charge in [0, 0.05) is 6.42 Å². The van der Waals surface area contributed by atoms with Gasteiger partial charge in [-0.25, -0.2) is 0 Å². The molecule has 1 rings (SSSR count). The topological polar surface area (TPSA) is 79.5 Å². The molecule has 6 nitrogen and oxygen atoms in total. The highest BCUT2D eigenvalue weighted by Crippen LogP contribution is 2.17. The highest BCUT2D eigenvalue weighted by Gasteiger charge is 2.15. The van der Waals surface area contributed by atoms with E-state index in [1.54, 1.807) is 6.92 Å². The Bertz CT molecular complexity index is 649. The largest absolute Gasteiger partial charge is 0.481 e. The summed E-state index contributed by atoms with van der Waals surface area (Å²) in [5.41, 5.74) is 7.23. The molecule has 0 saturated heterocycles. The van der Waals surface area contributed by atoms with Crippen LogP contribution >= 0.6 is 12.2 Å². The van der Waals surface area contributed by atoms with E-state index in [-0.39, 0.29) is 16.9 Å². The van der Waals surface area contributed by atoms with Crippen LogP contribution in [0, 0.1) is 13.8 Å². The lowest BCUT2D eigenvalue weighted by Crippen LogP contribution is -2.51. The van der Waals surface area contributed by atoms with Crippen molar-refractivity contribution in [2.24, 2.45) is 0 Å². The van der Waals surface area contributed by atoms with Crippen LogP contribution in [0.2, 0.25) is 0 Å². The van der Waals surface area contributed by atoms with Crippen LogP contribution in [0.4, 0.5) is 0 Å². The molecule has 1 atom stereocenters. The van der Waals surface area contributed by atoms with E-state index in [1.165, 1.54) is 12.8 Å². The average Bonchev–Trinajstić information content (AvgIpc) is 2.62. The van der Waals surface area contributed by atoms with Crippen LogP contribution in [0.3, 0.4) is 0 Å². The van der Waals surface area contributed by atoms with Gasteiger partial charge in [0.05, 0.1) is 0 Å². The van der Waals surface area contributed by atoms with Gasteiger partial charge in [0.15, 0.2) is 11.2 Å². The number of hydrogen-bond donors (Lipinski definition) is 3. The molecule has 27 heavy (non-hydrogen) atoms. The predicted molar refractivity (Wildman–Crippen MR) is 111 cm³/mol. The second-order valence-corrected chi connectivity index (χ2v) is 7.07. The van der Waals surface area contributed by atoms with E-state index in [0.29, 0.717) is 12.2 Å². The lowest BCUT2D eigenvalue weighted by Gasteiger charge is -2.17. The van der Waals surface area contributed by atoms with Crippen molar-refractivity contribution in [2.75, 3.05) is 0 Å². The zero-order valence-electron chi connectivity index (χ0n) is 16.7. The lowest BCUT2D eigenvalue weighted by molar-refractivity contribution is -0.128. The third-order valence-electron chi connectivity index (χ3n) is 4.22. The van der Waals surface area contributed by atoms with E-state index < -0.39 is 6.10 Å². The Morgan fingerprint density at radius 3 is 2.44 bits per heavy atom. The number of hydrogen-bond acceptors (Lipinski definition) is 4. The van der Waals surface area contributed by atoms with Crippen molar-refractivity contribution in [3.05, 3.63) is 29.3 Å². The van der Waals surface area contributed by atoms with Gasteiger partial charge in [0.1, 0.15) is 5.75 Å². The normalized spacial score (nSPS) is 11.4. The van der Waals surface area contributed by atoms with Gasteiger partial charge in [0.25, 0.3) is 5.91 Å². The zero-order chi connectivity index (χ0) is 20.2. The molecule has 1 aromatic rings. The Balaban J connectivity index is 2.28. The number of carbonyl (C=O) groups is 2. The first-order valence-electron chi connectivity index (χ1n) is 9.47. The molecule has 150 valence electrons. The molecule has 0 aliphatic carbocycles. The van der Waals surface area contributed by atoms with Crippen molar-refractivity contribution in [3.8, 4) is 5.75 Å². The first-order chi connectivity index (χ1) is 12.8. The first kappa shape index (κ1) is 22.9. The molecule has 0 saturated carbocycles. The van der Waals surface area contributed by atoms with Crippen LogP contribution in [0.5, 0.6) is 5.75 Å². The number of hydrazine groups is 1. The fraction of sp³-hybridized carbons (Fsp3) is 0.550. The van der Waals surface area contributed by atoms with E-state index in [0.717, 1.165) is 30.4 Å². The number of amides is 2. The molecule has 0 radical (unpaired) electrons. The highest BCUT2D eigenvalue weighted by atomic mass is 32.1. The summed E-state index contributed by atoms with van der Waals surface area (Å²) in [5, 5.41) is 2.62. The van der Waals surface area contributed by atoms with Gasteiger partial charge in [-0.2, -0.15) is 0 Å². The van der Waals surface area contributed by atoms with E-state index in [2.05, 4.69) is 23.1 Å². The Morgan fingerprint density at radius 2 is 1.78 bits per heavy atom. The quantitative estimate of drug-likeness (QED) is 0.340. The summed E-state index contributed by atoms with van der Waals surface area (Å²) in [7, 11) is 0. The summed E-state index contributed by atoms with van der Waals surface area (Å²) < 4.78 is 5.63. The third kappa shape index (κ3) is 9.38. The third-order valence-corrected chi connectivity index (χ3v) is 4.42. The van der Waals surface area contributed by atoms with Crippen molar-refractivity contribution in [2.45, 2.75) is 72.3 Å². The fourth-order valence-corrected chi connectivity index (χ4v) is 2.54. The SMILES string of the molecule is CCCCCCCC(=O)NC(=S)NNC(=O)C(C)Oc1ccc(C)c(C)c1. The van der Waals surface area contributed by atoms with Crippen molar-refractivity contribution >= 4 is 29.1 Å². The molecule has 0 aromatic heterocycles. The van der Waals surface area contributed by atoms with E-state index in [4.69, 9.17) is 17.0 Å². The van der Waals surface area contributed by atoms with Gasteiger partial charge < -0.3 is 10.1 Å². The monoisotopic (exact) mass is 393 g/mol. The molecule has 0 bridgehead atoms. The van der Waals surface area contributed by atoms with E-state index in [9.17, 15) is 9.59 Å². The lowest BCUT2D eigenvalue weighted by atomic mass is 10.1. The number of benzene rings is 1. The van der Waals surface area contributed by atoms with Crippen LogP contribution in [0.25, 0.3) is 0 Å². The first-order valence-corrected chi connectivity index (χ1v) is 9.88. The van der Waals surface area contributed by atoms with Crippen LogP contribution in [-0.2, 0) is 9.59 Å². The van der Waals surface area contributed by atoms with Crippen molar-refractivity contribution in [3.63, 3.8) is 0 Å². The van der Waals surface area contributed by atoms with Crippen molar-refractivity contribution < 1.29 is 14.3 Å². The molecule has 0 aliphatic heterocycles. The maximum atomic E-state index is 12.1. The molecule has 0 heterocycles. The molecule has 3 N–H and O–H groups in total. The van der Waals surface area contributed by atoms with E-state index >= 15 is 0 Å². The number of ether oxygens (including phenoxy) is 1. The standard InChI is InChI=1S/C20H31N3O3S/c1-5-6-7-8-9-10-18(24)21-20(27)23-22-19(25)16(4)26-17-12-11-14(2)15(3)13-17/h11-13,16H,5-10H2,1-4H3,(H,22,25)(H2,21,23,24,27). The summed E-state index contributed by atoms with van der Waals surface area (Å²) in [4.78, 5) is 23.9. The zero-order valence-corrected chi connectivity index (χ0v) is 17.5. The molecule has 1 aromatic carbocycles. The maximum Gasteiger partial charge on any atom is 0.279 e. The van der Waals surface area contributed by atoms with Gasteiger partial charge in [-0.05, 0) is 62.7 Å². The summed E-state index contributed by atoms with van der Waals surface area (Å²) in [6.07, 6.45) is 5.08. The second-order valence-electron chi connectivity index (χ2n) is 6.66. The Hall–Kier alpha value is -2.15. The average molecular weight is 394 g/mol. The number of aryl methyl sites for hydroxylation is 2. The van der Waals surface area contributed by atoms with Crippen LogP contribution < -0.4 is 20.9 Å². The number of thiocarbonyl (C=S) groups is 1. The molecule has 1 unspecified atom stereocenters. The van der Waals surface area contributed by atoms with Crippen molar-refractivity contribution in [1.82, 2.24) is 16.2 Å². The molecule has 0 aliphatic rings. The summed E-state index contributed by atoms with van der Waals surface area (Å²) in [5.74, 6) is 0.0850. The number of carbonyl (C=O) groups excluding carboxylic acids is 2. The van der Waals surface area contributed by atoms with Gasteiger partial charge in [-0.15, -0.1) is 0 Å². The second kappa shape index (κ2) is 12.3. The van der Waals surface area contributed by atoms with Crippen LogP contribution in [0.1, 0.15) is 63.5 Å². The van der Waals surface area contributed by atoms with Gasteiger partial charge >= 0.3 is 0 Å². The van der Waals surface area contributed by atoms with Crippen molar-refractivity contribution in [1.29, 1.82) is 0 Å². The van der Waals surface area contributed by atoms with Crippen LogP contribution in [-0.4, -0.2) is 23.0 Å². The minimum atomic E-state index is -0.711. The summed E-state index contributed by atoms with van der Waals surface area (Å²) in [6.45, 7) is 7.79. The highest BCUT2D eigenvalue weighted by molar-refractivity contribution is 7.80. The Morgan fingerprint density at radius 1 is 1.07 bits per heavy atom. The number of unbranched alkanes of at least 4 members (excludes halogenated alkanes) is 4. The molecular formula is C20H31N3O3S. The van der Waals surface area contributed by atoms with Crippen LogP contribution in [0.15, 0.2) is 18.2 Å². The molecule has 7 heteroatoms. The minimum absolute atomic E-state index is 0.0697. The minimum Gasteiger partial charge on any atom is -0.481 e. The van der Waals surface area contributed by atoms with Gasteiger partial charge in [-0.3, -0.25) is 20.4 Å². The summed E-state index contributed by atoms with van der Waals surface area (Å²) >= 11 is 5.02. The fourth-order valence-electron chi connectivity index (χ4n) is 2.37. The molecule has 0 spiro atoms. The molecular weight excluding hydrogens is 362 g/mol. The number of rotatable bonds is 9. The summed E-state index contributed by atoms with van der Waals surface area (Å²) in [6, 6.07) is 5.66.